The van der Waals surface area contributed by atoms with E-state index in [-0.39, 0.29) is 0 Å². The van der Waals surface area contributed by atoms with E-state index in [1.54, 1.807) is 11.3 Å². The number of nitrogens with zero attached hydrogens (tertiary/aromatic N) is 1. The van der Waals surface area contributed by atoms with Crippen LogP contribution in [0.4, 0.5) is 0 Å². The second-order valence-corrected chi connectivity index (χ2v) is 3.79. The summed E-state index contributed by atoms with van der Waals surface area (Å²) in [5.74, 6) is 0.530. The van der Waals surface area contributed by atoms with E-state index in [1.165, 1.54) is 10.6 Å². The second-order valence-electron chi connectivity index (χ2n) is 2.85. The molecular formula is C8H14N2S. The summed E-state index contributed by atoms with van der Waals surface area (Å²) < 4.78 is 0. The van der Waals surface area contributed by atoms with Crippen LogP contribution in [0.1, 0.15) is 30.3 Å². The molecule has 1 heterocycles. The highest BCUT2D eigenvalue weighted by atomic mass is 32.1. The van der Waals surface area contributed by atoms with Crippen molar-refractivity contribution in [3.8, 4) is 0 Å². The van der Waals surface area contributed by atoms with E-state index < -0.39 is 0 Å². The normalized spacial score (nSPS) is 10.9. The molecule has 62 valence electrons. The first-order chi connectivity index (χ1) is 5.25. The van der Waals surface area contributed by atoms with Gasteiger partial charge in [0.2, 0.25) is 0 Å². The molecule has 0 amide bonds. The summed E-state index contributed by atoms with van der Waals surface area (Å²) in [6.07, 6.45) is 0.970. The minimum Gasteiger partial charge on any atom is -0.330 e. The molecule has 0 aliphatic carbocycles. The topological polar surface area (TPSA) is 38.9 Å². The van der Waals surface area contributed by atoms with Crippen molar-refractivity contribution in [1.29, 1.82) is 0 Å². The lowest BCUT2D eigenvalue weighted by molar-refractivity contribution is 0.808. The van der Waals surface area contributed by atoms with Crippen LogP contribution in [0.2, 0.25) is 0 Å². The first kappa shape index (κ1) is 8.68. The highest BCUT2D eigenvalue weighted by Crippen LogP contribution is 2.21. The van der Waals surface area contributed by atoms with Crippen LogP contribution in [0, 0.1) is 0 Å². The minimum absolute atomic E-state index is 0.530. The third-order valence-corrected chi connectivity index (χ3v) is 2.50. The Morgan fingerprint density at radius 2 is 2.36 bits per heavy atom. The predicted octanol–water partition coefficient (Wildman–Crippen LogP) is 1.77. The van der Waals surface area contributed by atoms with Crippen molar-refractivity contribution < 1.29 is 0 Å². The molecule has 0 aliphatic heterocycles. The lowest BCUT2D eigenvalue weighted by Crippen LogP contribution is -2.04. The summed E-state index contributed by atoms with van der Waals surface area (Å²) in [4.78, 5) is 5.65. The van der Waals surface area contributed by atoms with E-state index in [0.29, 0.717) is 5.92 Å². The van der Waals surface area contributed by atoms with E-state index >= 15 is 0 Å². The van der Waals surface area contributed by atoms with Gasteiger partial charge in [0, 0.05) is 4.88 Å². The van der Waals surface area contributed by atoms with E-state index in [4.69, 9.17) is 5.73 Å². The van der Waals surface area contributed by atoms with Crippen molar-refractivity contribution in [3.63, 3.8) is 0 Å². The molecule has 0 saturated carbocycles. The van der Waals surface area contributed by atoms with Gasteiger partial charge in [0.15, 0.2) is 0 Å². The number of nitrogens with two attached hydrogens (primary N) is 1. The van der Waals surface area contributed by atoms with Crippen molar-refractivity contribution in [3.05, 3.63) is 16.1 Å². The zero-order chi connectivity index (χ0) is 8.27. The smallest absolute Gasteiger partial charge is 0.0797 e. The molecular weight excluding hydrogens is 156 g/mol. The molecule has 0 fully saturated rings. The molecule has 0 atom stereocenters. The third kappa shape index (κ3) is 2.01. The van der Waals surface area contributed by atoms with Gasteiger partial charge >= 0.3 is 0 Å². The Kier molecular flexibility index (Phi) is 3.02. The van der Waals surface area contributed by atoms with Crippen LogP contribution in [-0.4, -0.2) is 11.5 Å². The van der Waals surface area contributed by atoms with Crippen LogP contribution in [-0.2, 0) is 6.42 Å². The Hall–Kier alpha value is -0.410. The second kappa shape index (κ2) is 3.83. The Morgan fingerprint density at radius 1 is 1.64 bits per heavy atom. The first-order valence-corrected chi connectivity index (χ1v) is 4.76. The third-order valence-electron chi connectivity index (χ3n) is 1.59. The van der Waals surface area contributed by atoms with Gasteiger partial charge in [-0.05, 0) is 18.9 Å². The summed E-state index contributed by atoms with van der Waals surface area (Å²) in [6.45, 7) is 5.05. The van der Waals surface area contributed by atoms with E-state index in [1.807, 2.05) is 5.51 Å². The zero-order valence-electron chi connectivity index (χ0n) is 7.00. The first-order valence-electron chi connectivity index (χ1n) is 3.88. The fraction of sp³-hybridized carbons (Fsp3) is 0.625. The number of rotatable bonds is 3. The van der Waals surface area contributed by atoms with Crippen LogP contribution in [0.15, 0.2) is 5.51 Å². The summed E-state index contributed by atoms with van der Waals surface area (Å²) in [5, 5.41) is 0. The van der Waals surface area contributed by atoms with E-state index in [9.17, 15) is 0 Å². The molecule has 1 rings (SSSR count). The fourth-order valence-electron chi connectivity index (χ4n) is 1.07. The lowest BCUT2D eigenvalue weighted by atomic mass is 10.1. The molecule has 2 N–H and O–H groups in total. The number of thiazole rings is 1. The highest BCUT2D eigenvalue weighted by molar-refractivity contribution is 7.09. The monoisotopic (exact) mass is 170 g/mol. The molecule has 0 unspecified atom stereocenters. The Bertz CT molecular complexity index is 218. The van der Waals surface area contributed by atoms with Crippen LogP contribution in [0.3, 0.4) is 0 Å². The van der Waals surface area contributed by atoms with E-state index in [2.05, 4.69) is 18.8 Å². The Balaban J connectivity index is 2.78. The molecule has 1 aromatic rings. The molecule has 0 aromatic carbocycles. The molecule has 0 aliphatic rings. The minimum atomic E-state index is 0.530. The molecule has 2 nitrogen and oxygen atoms in total. The van der Waals surface area contributed by atoms with Gasteiger partial charge in [-0.3, -0.25) is 0 Å². The number of hydrogen-bond donors (Lipinski definition) is 1. The Morgan fingerprint density at radius 3 is 2.91 bits per heavy atom. The van der Waals surface area contributed by atoms with Gasteiger partial charge in [-0.15, -0.1) is 11.3 Å². The van der Waals surface area contributed by atoms with Crippen LogP contribution >= 0.6 is 11.3 Å². The van der Waals surface area contributed by atoms with Gasteiger partial charge < -0.3 is 5.73 Å². The average molecular weight is 170 g/mol. The van der Waals surface area contributed by atoms with Crippen molar-refractivity contribution in [2.24, 2.45) is 5.73 Å². The van der Waals surface area contributed by atoms with Crippen LogP contribution in [0.5, 0.6) is 0 Å². The largest absolute Gasteiger partial charge is 0.330 e. The van der Waals surface area contributed by atoms with Crippen molar-refractivity contribution in [2.75, 3.05) is 6.54 Å². The summed E-state index contributed by atoms with van der Waals surface area (Å²) in [7, 11) is 0. The summed E-state index contributed by atoms with van der Waals surface area (Å²) in [5.41, 5.74) is 8.59. The van der Waals surface area contributed by atoms with Crippen molar-refractivity contribution in [1.82, 2.24) is 4.98 Å². The van der Waals surface area contributed by atoms with Crippen LogP contribution < -0.4 is 5.73 Å². The predicted molar refractivity (Wildman–Crippen MR) is 49.0 cm³/mol. The number of aromatic nitrogens is 1. The SMILES string of the molecule is CC(C)c1ncsc1CCN. The maximum atomic E-state index is 5.47. The summed E-state index contributed by atoms with van der Waals surface area (Å²) >= 11 is 1.71. The molecule has 1 aromatic heterocycles. The van der Waals surface area contributed by atoms with Gasteiger partial charge in [-0.25, -0.2) is 4.98 Å². The van der Waals surface area contributed by atoms with Gasteiger partial charge in [0.05, 0.1) is 11.2 Å². The van der Waals surface area contributed by atoms with Gasteiger partial charge in [-0.1, -0.05) is 13.8 Å². The summed E-state index contributed by atoms with van der Waals surface area (Å²) in [6, 6.07) is 0. The molecule has 0 saturated heterocycles. The van der Waals surface area contributed by atoms with Gasteiger partial charge in [0.1, 0.15) is 0 Å². The number of hydrogen-bond acceptors (Lipinski definition) is 3. The lowest BCUT2D eigenvalue weighted by Gasteiger charge is -2.02. The molecule has 11 heavy (non-hydrogen) atoms. The zero-order valence-corrected chi connectivity index (χ0v) is 7.82. The van der Waals surface area contributed by atoms with Crippen molar-refractivity contribution in [2.45, 2.75) is 26.2 Å². The van der Waals surface area contributed by atoms with Crippen LogP contribution in [0.25, 0.3) is 0 Å². The maximum Gasteiger partial charge on any atom is 0.0797 e. The molecule has 3 heteroatoms. The van der Waals surface area contributed by atoms with Crippen molar-refractivity contribution >= 4 is 11.3 Å². The molecule has 0 spiro atoms. The molecule has 0 radical (unpaired) electrons. The highest BCUT2D eigenvalue weighted by Gasteiger charge is 2.07. The quantitative estimate of drug-likeness (QED) is 0.751. The van der Waals surface area contributed by atoms with Gasteiger partial charge in [-0.2, -0.15) is 0 Å². The standard InChI is InChI=1S/C8H14N2S/c1-6(2)8-7(3-4-9)11-5-10-8/h5-6H,3-4,9H2,1-2H3. The average Bonchev–Trinajstić information content (AvgIpc) is 2.36. The molecule has 0 bridgehead atoms. The van der Waals surface area contributed by atoms with Gasteiger partial charge in [0.25, 0.3) is 0 Å². The maximum absolute atomic E-state index is 5.47. The Labute approximate surface area is 71.5 Å². The van der Waals surface area contributed by atoms with E-state index in [0.717, 1.165) is 13.0 Å². The fourth-order valence-corrected chi connectivity index (χ4v) is 2.01.